The lowest BCUT2D eigenvalue weighted by Crippen LogP contribution is -2.33. The monoisotopic (exact) mass is 629 g/mol. The van der Waals surface area contributed by atoms with Crippen molar-refractivity contribution in [3.8, 4) is 33.4 Å². The second-order valence-corrected chi connectivity index (χ2v) is 13.5. The van der Waals surface area contributed by atoms with Gasteiger partial charge >= 0.3 is 0 Å². The van der Waals surface area contributed by atoms with Gasteiger partial charge in [0.15, 0.2) is 5.84 Å². The Bertz CT molecular complexity index is 2440. The second-order valence-electron chi connectivity index (χ2n) is 13.5. The Labute approximate surface area is 287 Å². The van der Waals surface area contributed by atoms with E-state index in [0.29, 0.717) is 0 Å². The van der Waals surface area contributed by atoms with Crippen LogP contribution in [0.3, 0.4) is 0 Å². The molecule has 0 amide bonds. The van der Waals surface area contributed by atoms with Crippen LogP contribution in [-0.4, -0.2) is 11.7 Å². The number of amidine groups is 2. The quantitative estimate of drug-likeness (QED) is 0.202. The van der Waals surface area contributed by atoms with Crippen LogP contribution in [0, 0.1) is 0 Å². The smallest absolute Gasteiger partial charge is 0.159 e. The lowest BCUT2D eigenvalue weighted by molar-refractivity contribution is 0.661. The van der Waals surface area contributed by atoms with Crippen LogP contribution in [0.5, 0.6) is 0 Å². The molecule has 1 unspecified atom stereocenters. The molecule has 9 rings (SSSR count). The third-order valence-corrected chi connectivity index (χ3v) is 10.1. The number of aliphatic imine (C=N–C) groups is 2. The summed E-state index contributed by atoms with van der Waals surface area (Å²) in [4.78, 5) is 10.1. The van der Waals surface area contributed by atoms with Crippen molar-refractivity contribution in [3.63, 3.8) is 0 Å². The second kappa shape index (κ2) is 11.6. The molecule has 0 aromatic heterocycles. The van der Waals surface area contributed by atoms with Gasteiger partial charge in [0.25, 0.3) is 0 Å². The molecule has 1 aliphatic heterocycles. The van der Waals surface area contributed by atoms with Gasteiger partial charge in [0, 0.05) is 16.5 Å². The third-order valence-electron chi connectivity index (χ3n) is 10.1. The van der Waals surface area contributed by atoms with Crippen LogP contribution >= 0.6 is 0 Å². The van der Waals surface area contributed by atoms with Gasteiger partial charge in [-0.05, 0) is 79.0 Å². The van der Waals surface area contributed by atoms with E-state index in [0.717, 1.165) is 39.5 Å². The van der Waals surface area contributed by atoms with Gasteiger partial charge in [-0.15, -0.1) is 0 Å². The van der Waals surface area contributed by atoms with Crippen molar-refractivity contribution < 1.29 is 0 Å². The maximum Gasteiger partial charge on any atom is 0.159 e. The normalized spacial score (nSPS) is 15.9. The first-order chi connectivity index (χ1) is 24.0. The zero-order valence-corrected chi connectivity index (χ0v) is 27.6. The zero-order chi connectivity index (χ0) is 33.0. The summed E-state index contributed by atoms with van der Waals surface area (Å²) in [5.74, 6) is 1.54. The van der Waals surface area contributed by atoms with E-state index in [4.69, 9.17) is 9.98 Å². The molecule has 7 aromatic rings. The molecule has 1 atom stereocenters. The topological polar surface area (TPSA) is 36.8 Å². The standard InChI is InChI=1S/C46H35N3/c1-46(2)40-26-24-30-13-9-10-22-38(30)42(40)39-25-23-36(29-41(39)46)34-19-11-18-33(27-34)35-20-12-21-37(28-35)45-48-43(31-14-5-3-6-15-31)47-44(49-45)32-16-7-4-8-17-32/h3-29,43H,1-2H3,(H,47,48,49). The minimum atomic E-state index is -0.232. The van der Waals surface area contributed by atoms with Gasteiger partial charge in [-0.1, -0.05) is 159 Å². The van der Waals surface area contributed by atoms with Crippen LogP contribution in [-0.2, 0) is 5.41 Å². The molecule has 1 N–H and O–H groups in total. The van der Waals surface area contributed by atoms with Crippen molar-refractivity contribution >= 4 is 22.4 Å². The molecule has 0 radical (unpaired) electrons. The molecule has 0 spiro atoms. The largest absolute Gasteiger partial charge is 0.344 e. The predicted molar refractivity (Wildman–Crippen MR) is 204 cm³/mol. The Morgan fingerprint density at radius 2 is 1.12 bits per heavy atom. The SMILES string of the molecule is CC1(C)c2cc(-c3cccc(-c4cccc(C5=NC(c6ccccc6)NC(c6ccccc6)=N5)c4)c3)ccc2-c2c1ccc1ccccc21. The Hall–Kier alpha value is -6.06. The van der Waals surface area contributed by atoms with Crippen LogP contribution < -0.4 is 5.32 Å². The molecule has 3 heteroatoms. The molecule has 7 aromatic carbocycles. The molecule has 1 aliphatic carbocycles. The summed E-state index contributed by atoms with van der Waals surface area (Å²) in [6.45, 7) is 4.71. The number of hydrogen-bond acceptors (Lipinski definition) is 3. The van der Waals surface area contributed by atoms with Gasteiger partial charge in [0.05, 0.1) is 0 Å². The van der Waals surface area contributed by atoms with E-state index < -0.39 is 0 Å². The maximum absolute atomic E-state index is 5.10. The first-order valence-corrected chi connectivity index (χ1v) is 16.9. The van der Waals surface area contributed by atoms with Crippen molar-refractivity contribution in [2.45, 2.75) is 25.4 Å². The van der Waals surface area contributed by atoms with E-state index in [1.165, 1.54) is 44.2 Å². The summed E-state index contributed by atoms with van der Waals surface area (Å²) in [6, 6.07) is 58.5. The molecule has 0 saturated heterocycles. The fourth-order valence-corrected chi connectivity index (χ4v) is 7.53. The van der Waals surface area contributed by atoms with Crippen molar-refractivity contribution in [1.82, 2.24) is 5.32 Å². The highest BCUT2D eigenvalue weighted by Crippen LogP contribution is 2.52. The van der Waals surface area contributed by atoms with Crippen molar-refractivity contribution in [1.29, 1.82) is 0 Å². The summed E-state index contributed by atoms with van der Waals surface area (Å²) in [5.41, 5.74) is 13.3. The van der Waals surface area contributed by atoms with Crippen molar-refractivity contribution in [3.05, 3.63) is 192 Å². The van der Waals surface area contributed by atoms with Gasteiger partial charge in [-0.3, -0.25) is 0 Å². The predicted octanol–water partition coefficient (Wildman–Crippen LogP) is 11.0. The van der Waals surface area contributed by atoms with E-state index in [9.17, 15) is 0 Å². The maximum atomic E-state index is 5.10. The molecule has 0 saturated carbocycles. The van der Waals surface area contributed by atoms with Crippen LogP contribution in [0.4, 0.5) is 0 Å². The average molecular weight is 630 g/mol. The summed E-state index contributed by atoms with van der Waals surface area (Å²) < 4.78 is 0. The van der Waals surface area contributed by atoms with Crippen LogP contribution in [0.15, 0.2) is 174 Å². The number of benzene rings is 7. The summed E-state index contributed by atoms with van der Waals surface area (Å²) >= 11 is 0. The summed E-state index contributed by atoms with van der Waals surface area (Å²) in [6.07, 6.45) is -0.232. The van der Waals surface area contributed by atoms with Gasteiger partial charge in [-0.25, -0.2) is 9.98 Å². The Morgan fingerprint density at radius 3 is 1.88 bits per heavy atom. The molecule has 234 valence electrons. The van der Waals surface area contributed by atoms with Gasteiger partial charge < -0.3 is 5.32 Å². The fourth-order valence-electron chi connectivity index (χ4n) is 7.53. The highest BCUT2D eigenvalue weighted by molar-refractivity contribution is 6.13. The Balaban J connectivity index is 1.08. The number of fused-ring (bicyclic) bond motifs is 5. The molecule has 0 bridgehead atoms. The van der Waals surface area contributed by atoms with Crippen LogP contribution in [0.1, 0.15) is 47.8 Å². The lowest BCUT2D eigenvalue weighted by Gasteiger charge is -2.23. The number of nitrogens with zero attached hydrogens (tertiary/aromatic N) is 2. The van der Waals surface area contributed by atoms with E-state index in [-0.39, 0.29) is 11.6 Å². The lowest BCUT2D eigenvalue weighted by atomic mass is 9.81. The Morgan fingerprint density at radius 1 is 0.510 bits per heavy atom. The molecule has 0 fully saturated rings. The minimum absolute atomic E-state index is 0.0804. The molecule has 49 heavy (non-hydrogen) atoms. The van der Waals surface area contributed by atoms with Gasteiger partial charge in [-0.2, -0.15) is 0 Å². The Kier molecular flexibility index (Phi) is 6.87. The van der Waals surface area contributed by atoms with E-state index >= 15 is 0 Å². The van der Waals surface area contributed by atoms with Gasteiger partial charge in [0.2, 0.25) is 0 Å². The first kappa shape index (κ1) is 29.1. The fraction of sp³-hybridized carbons (Fsp3) is 0.0870. The highest BCUT2D eigenvalue weighted by Gasteiger charge is 2.36. The van der Waals surface area contributed by atoms with Crippen LogP contribution in [0.25, 0.3) is 44.2 Å². The molecular formula is C46H35N3. The van der Waals surface area contributed by atoms with E-state index in [1.807, 2.05) is 24.3 Å². The summed E-state index contributed by atoms with van der Waals surface area (Å²) in [5, 5.41) is 6.18. The third kappa shape index (κ3) is 5.06. The van der Waals surface area contributed by atoms with Crippen LogP contribution in [0.2, 0.25) is 0 Å². The van der Waals surface area contributed by atoms with Gasteiger partial charge in [0.1, 0.15) is 12.0 Å². The number of rotatable bonds is 5. The zero-order valence-electron chi connectivity index (χ0n) is 27.6. The van der Waals surface area contributed by atoms with E-state index in [1.54, 1.807) is 0 Å². The number of hydrogen-bond donors (Lipinski definition) is 1. The minimum Gasteiger partial charge on any atom is -0.344 e. The average Bonchev–Trinajstić information content (AvgIpc) is 3.41. The molecule has 3 nitrogen and oxygen atoms in total. The van der Waals surface area contributed by atoms with E-state index in [2.05, 4.69) is 159 Å². The summed E-state index contributed by atoms with van der Waals surface area (Å²) in [7, 11) is 0. The van der Waals surface area contributed by atoms with Crippen molar-refractivity contribution in [2.75, 3.05) is 0 Å². The molecule has 2 aliphatic rings. The molecule has 1 heterocycles. The first-order valence-electron chi connectivity index (χ1n) is 16.9. The number of nitrogens with one attached hydrogen (secondary N) is 1. The molecular weight excluding hydrogens is 595 g/mol. The highest BCUT2D eigenvalue weighted by atomic mass is 15.2. The van der Waals surface area contributed by atoms with Crippen molar-refractivity contribution in [2.24, 2.45) is 9.98 Å².